The second kappa shape index (κ2) is 9.18. The molecule has 1 saturated heterocycles. The van der Waals surface area contributed by atoms with Crippen LogP contribution < -0.4 is 20.1 Å². The topological polar surface area (TPSA) is 97.0 Å². The van der Waals surface area contributed by atoms with Crippen LogP contribution >= 0.6 is 0 Å². The molecular weight excluding hydrogens is 458 g/mol. The molecule has 0 aromatic heterocycles. The van der Waals surface area contributed by atoms with Crippen LogP contribution in [-0.4, -0.2) is 42.0 Å². The van der Waals surface area contributed by atoms with Crippen molar-refractivity contribution in [3.8, 4) is 11.5 Å². The molecule has 36 heavy (non-hydrogen) atoms. The maximum Gasteiger partial charge on any atom is 0.325 e. The molecule has 2 N–H and O–H groups in total. The van der Waals surface area contributed by atoms with E-state index >= 15 is 0 Å². The SMILES string of the molecule is CCOc1cc2c(cc1CNC(=O)CN1C(=O)N[C@](C)(c3cccc4ccccc34)C1=O)O[C@@H](C)C2. The Hall–Kier alpha value is -4.07. The average Bonchev–Trinajstić information content (AvgIpc) is 3.33. The molecule has 0 aliphatic carbocycles. The van der Waals surface area contributed by atoms with Gasteiger partial charge in [-0.2, -0.15) is 0 Å². The number of nitrogens with zero attached hydrogens (tertiary/aromatic N) is 1. The number of amides is 4. The van der Waals surface area contributed by atoms with E-state index in [0.29, 0.717) is 17.9 Å². The second-order valence-corrected chi connectivity index (χ2v) is 9.38. The number of benzene rings is 3. The number of carbonyl (C=O) groups is 3. The Morgan fingerprint density at radius 1 is 1.19 bits per heavy atom. The van der Waals surface area contributed by atoms with Crippen molar-refractivity contribution in [2.45, 2.75) is 45.4 Å². The van der Waals surface area contributed by atoms with Gasteiger partial charge in [0.25, 0.3) is 5.91 Å². The lowest BCUT2D eigenvalue weighted by Gasteiger charge is -2.24. The van der Waals surface area contributed by atoms with Crippen molar-refractivity contribution in [2.24, 2.45) is 0 Å². The molecule has 4 amide bonds. The highest BCUT2D eigenvalue weighted by Crippen LogP contribution is 2.36. The predicted molar refractivity (Wildman–Crippen MR) is 135 cm³/mol. The first-order chi connectivity index (χ1) is 17.3. The van der Waals surface area contributed by atoms with Gasteiger partial charge in [0.1, 0.15) is 29.7 Å². The lowest BCUT2D eigenvalue weighted by molar-refractivity contribution is -0.134. The fourth-order valence-corrected chi connectivity index (χ4v) is 4.99. The molecule has 0 radical (unpaired) electrons. The summed E-state index contributed by atoms with van der Waals surface area (Å²) in [6.45, 7) is 5.88. The smallest absolute Gasteiger partial charge is 0.325 e. The van der Waals surface area contributed by atoms with Gasteiger partial charge in [-0.25, -0.2) is 4.79 Å². The maximum absolute atomic E-state index is 13.4. The van der Waals surface area contributed by atoms with Crippen molar-refractivity contribution in [1.82, 2.24) is 15.5 Å². The summed E-state index contributed by atoms with van der Waals surface area (Å²) < 4.78 is 11.6. The molecular formula is C28H29N3O5. The fourth-order valence-electron chi connectivity index (χ4n) is 4.99. The van der Waals surface area contributed by atoms with E-state index in [-0.39, 0.29) is 19.2 Å². The van der Waals surface area contributed by atoms with E-state index in [2.05, 4.69) is 10.6 Å². The van der Waals surface area contributed by atoms with Gasteiger partial charge in [0.05, 0.1) is 6.61 Å². The summed E-state index contributed by atoms with van der Waals surface area (Å²) in [5.74, 6) is 0.565. The van der Waals surface area contributed by atoms with Gasteiger partial charge in [0.2, 0.25) is 5.91 Å². The number of imide groups is 1. The number of carbonyl (C=O) groups excluding carboxylic acids is 3. The number of hydrogen-bond acceptors (Lipinski definition) is 5. The standard InChI is InChI=1S/C28H29N3O5/c1-4-35-23-13-19-12-17(2)36-24(19)14-20(23)15-29-25(32)16-31-26(33)28(3,30-27(31)34)22-11-7-9-18-8-5-6-10-21(18)22/h5-11,13-14,17H,4,12,15-16H2,1-3H3,(H,29,32)(H,30,34)/t17-,28+/m0/s1. The zero-order valence-corrected chi connectivity index (χ0v) is 20.6. The van der Waals surface area contributed by atoms with E-state index in [1.165, 1.54) is 0 Å². The van der Waals surface area contributed by atoms with Gasteiger partial charge in [-0.3, -0.25) is 14.5 Å². The van der Waals surface area contributed by atoms with Crippen LogP contribution in [0.15, 0.2) is 54.6 Å². The Bertz CT molecular complexity index is 1370. The number of hydrogen-bond donors (Lipinski definition) is 2. The first-order valence-electron chi connectivity index (χ1n) is 12.1. The van der Waals surface area contributed by atoms with Crippen molar-refractivity contribution < 1.29 is 23.9 Å². The largest absolute Gasteiger partial charge is 0.494 e. The molecule has 0 unspecified atom stereocenters. The number of nitrogens with one attached hydrogen (secondary N) is 2. The van der Waals surface area contributed by atoms with Gasteiger partial charge in [0, 0.05) is 24.1 Å². The number of ether oxygens (including phenoxy) is 2. The summed E-state index contributed by atoms with van der Waals surface area (Å²) in [5.41, 5.74) is 1.27. The molecule has 2 heterocycles. The Labute approximate surface area is 209 Å². The van der Waals surface area contributed by atoms with Crippen molar-refractivity contribution in [3.63, 3.8) is 0 Å². The summed E-state index contributed by atoms with van der Waals surface area (Å²) in [4.78, 5) is 40.0. The number of urea groups is 1. The summed E-state index contributed by atoms with van der Waals surface area (Å²) in [7, 11) is 0. The van der Waals surface area contributed by atoms with E-state index < -0.39 is 23.4 Å². The first-order valence-corrected chi connectivity index (χ1v) is 12.1. The highest BCUT2D eigenvalue weighted by molar-refractivity contribution is 6.10. The van der Waals surface area contributed by atoms with Crippen molar-refractivity contribution in [1.29, 1.82) is 0 Å². The predicted octanol–water partition coefficient (Wildman–Crippen LogP) is 3.65. The van der Waals surface area contributed by atoms with Gasteiger partial charge in [-0.15, -0.1) is 0 Å². The van der Waals surface area contributed by atoms with Gasteiger partial charge in [-0.05, 0) is 49.2 Å². The quantitative estimate of drug-likeness (QED) is 0.496. The Morgan fingerprint density at radius 2 is 1.97 bits per heavy atom. The van der Waals surface area contributed by atoms with Crippen LogP contribution in [0.25, 0.3) is 10.8 Å². The zero-order chi connectivity index (χ0) is 25.4. The van der Waals surface area contributed by atoms with Gasteiger partial charge >= 0.3 is 6.03 Å². The molecule has 0 saturated carbocycles. The number of rotatable bonds is 7. The van der Waals surface area contributed by atoms with Crippen molar-refractivity contribution in [2.75, 3.05) is 13.2 Å². The summed E-state index contributed by atoms with van der Waals surface area (Å²) in [6, 6.07) is 16.6. The first kappa shape index (κ1) is 23.7. The van der Waals surface area contributed by atoms with E-state index in [9.17, 15) is 14.4 Å². The van der Waals surface area contributed by atoms with Crippen LogP contribution in [0.3, 0.4) is 0 Å². The molecule has 8 nitrogen and oxygen atoms in total. The van der Waals surface area contributed by atoms with Crippen LogP contribution in [-0.2, 0) is 28.1 Å². The number of fused-ring (bicyclic) bond motifs is 2. The Balaban J connectivity index is 1.31. The highest BCUT2D eigenvalue weighted by Gasteiger charge is 2.50. The molecule has 3 aromatic rings. The molecule has 186 valence electrons. The monoisotopic (exact) mass is 487 g/mol. The third-order valence-electron chi connectivity index (χ3n) is 6.76. The second-order valence-electron chi connectivity index (χ2n) is 9.38. The van der Waals surface area contributed by atoms with Gasteiger partial charge < -0.3 is 20.1 Å². The normalized spacial score (nSPS) is 20.8. The van der Waals surface area contributed by atoms with Gasteiger partial charge in [-0.1, -0.05) is 42.5 Å². The Kier molecular flexibility index (Phi) is 6.04. The summed E-state index contributed by atoms with van der Waals surface area (Å²) in [6.07, 6.45) is 0.902. The van der Waals surface area contributed by atoms with Gasteiger partial charge in [0.15, 0.2) is 0 Å². The minimum absolute atomic E-state index is 0.0926. The summed E-state index contributed by atoms with van der Waals surface area (Å²) in [5, 5.41) is 7.45. The summed E-state index contributed by atoms with van der Waals surface area (Å²) >= 11 is 0. The van der Waals surface area contributed by atoms with Crippen LogP contribution in [0.2, 0.25) is 0 Å². The lowest BCUT2D eigenvalue weighted by atomic mass is 9.88. The molecule has 1 fully saturated rings. The maximum atomic E-state index is 13.4. The van der Waals surface area contributed by atoms with Crippen LogP contribution in [0, 0.1) is 0 Å². The highest BCUT2D eigenvalue weighted by atomic mass is 16.5. The third-order valence-corrected chi connectivity index (χ3v) is 6.76. The minimum atomic E-state index is -1.27. The minimum Gasteiger partial charge on any atom is -0.494 e. The molecule has 2 aliphatic heterocycles. The third kappa shape index (κ3) is 4.12. The average molecular weight is 488 g/mol. The van der Waals surface area contributed by atoms with Crippen LogP contribution in [0.4, 0.5) is 4.79 Å². The molecule has 8 heteroatoms. The van der Waals surface area contributed by atoms with E-state index in [0.717, 1.165) is 39.0 Å². The molecule has 3 aromatic carbocycles. The molecule has 2 aliphatic rings. The van der Waals surface area contributed by atoms with E-state index in [4.69, 9.17) is 9.47 Å². The Morgan fingerprint density at radius 3 is 2.78 bits per heavy atom. The molecule has 5 rings (SSSR count). The fraction of sp³-hybridized carbons (Fsp3) is 0.321. The van der Waals surface area contributed by atoms with E-state index in [1.54, 1.807) is 6.92 Å². The lowest BCUT2D eigenvalue weighted by Crippen LogP contribution is -2.43. The van der Waals surface area contributed by atoms with E-state index in [1.807, 2.05) is 68.4 Å². The molecule has 0 spiro atoms. The van der Waals surface area contributed by atoms with Crippen LogP contribution in [0.1, 0.15) is 37.5 Å². The van der Waals surface area contributed by atoms with Crippen LogP contribution in [0.5, 0.6) is 11.5 Å². The molecule has 0 bridgehead atoms. The zero-order valence-electron chi connectivity index (χ0n) is 20.6. The molecule has 2 atom stereocenters. The van der Waals surface area contributed by atoms with Crippen molar-refractivity contribution >= 4 is 28.6 Å². The van der Waals surface area contributed by atoms with Crippen molar-refractivity contribution in [3.05, 3.63) is 71.3 Å².